The number of benzene rings is 1. The SMILES string of the molecule is N#CC1=C(N)NC(N2C=CCC=C2)=C(C#N)C1c1c[nH]c2ccccc12. The molecule has 1 aromatic carbocycles. The molecule has 2 aliphatic heterocycles. The summed E-state index contributed by atoms with van der Waals surface area (Å²) in [4.78, 5) is 5.04. The van der Waals surface area contributed by atoms with Gasteiger partial charge in [-0.2, -0.15) is 10.5 Å². The highest BCUT2D eigenvalue weighted by Crippen LogP contribution is 2.40. The predicted octanol–water partition coefficient (Wildman–Crippen LogP) is 3.02. The molecule has 1 atom stereocenters. The highest BCUT2D eigenvalue weighted by molar-refractivity contribution is 5.85. The summed E-state index contributed by atoms with van der Waals surface area (Å²) in [7, 11) is 0. The molecule has 0 aliphatic carbocycles. The van der Waals surface area contributed by atoms with Crippen LogP contribution in [0.5, 0.6) is 0 Å². The van der Waals surface area contributed by atoms with E-state index in [2.05, 4.69) is 22.4 Å². The molecular formula is C20H16N6. The van der Waals surface area contributed by atoms with E-state index in [4.69, 9.17) is 5.73 Å². The van der Waals surface area contributed by atoms with Gasteiger partial charge in [-0.25, -0.2) is 0 Å². The molecule has 4 rings (SSSR count). The van der Waals surface area contributed by atoms with Gasteiger partial charge in [0.15, 0.2) is 0 Å². The normalized spacial score (nSPS) is 19.5. The molecule has 0 fully saturated rings. The highest BCUT2D eigenvalue weighted by atomic mass is 15.2. The zero-order chi connectivity index (χ0) is 18.1. The van der Waals surface area contributed by atoms with Crippen LogP contribution in [-0.4, -0.2) is 9.88 Å². The molecule has 0 saturated heterocycles. The van der Waals surface area contributed by atoms with E-state index < -0.39 is 5.92 Å². The van der Waals surface area contributed by atoms with Crippen LogP contribution in [0.4, 0.5) is 0 Å². The van der Waals surface area contributed by atoms with Crippen molar-refractivity contribution >= 4 is 10.9 Å². The van der Waals surface area contributed by atoms with Crippen molar-refractivity contribution in [2.75, 3.05) is 0 Å². The Morgan fingerprint density at radius 1 is 1.08 bits per heavy atom. The van der Waals surface area contributed by atoms with Crippen LogP contribution < -0.4 is 11.1 Å². The Hall–Kier alpha value is -3.90. The lowest BCUT2D eigenvalue weighted by Gasteiger charge is -2.31. The molecule has 0 amide bonds. The molecule has 6 nitrogen and oxygen atoms in total. The smallest absolute Gasteiger partial charge is 0.130 e. The van der Waals surface area contributed by atoms with Crippen molar-refractivity contribution in [2.45, 2.75) is 12.3 Å². The Labute approximate surface area is 150 Å². The molecular weight excluding hydrogens is 324 g/mol. The van der Waals surface area contributed by atoms with E-state index in [1.165, 1.54) is 0 Å². The van der Waals surface area contributed by atoms with Crippen LogP contribution in [0.1, 0.15) is 17.9 Å². The predicted molar refractivity (Wildman–Crippen MR) is 98.4 cm³/mol. The van der Waals surface area contributed by atoms with Crippen LogP contribution in [0.3, 0.4) is 0 Å². The molecule has 6 heteroatoms. The average molecular weight is 340 g/mol. The van der Waals surface area contributed by atoms with Gasteiger partial charge >= 0.3 is 0 Å². The maximum atomic E-state index is 9.93. The molecule has 126 valence electrons. The molecule has 0 radical (unpaired) electrons. The lowest BCUT2D eigenvalue weighted by molar-refractivity contribution is 0.541. The fourth-order valence-corrected chi connectivity index (χ4v) is 3.41. The Bertz CT molecular complexity index is 1070. The second-order valence-corrected chi connectivity index (χ2v) is 6.07. The number of dihydropyridines is 1. The number of nitrogens with one attached hydrogen (secondary N) is 2. The van der Waals surface area contributed by atoms with E-state index in [-0.39, 0.29) is 5.82 Å². The number of rotatable bonds is 2. The van der Waals surface area contributed by atoms with Gasteiger partial charge in [-0.1, -0.05) is 30.4 Å². The van der Waals surface area contributed by atoms with Crippen molar-refractivity contribution in [1.29, 1.82) is 10.5 Å². The van der Waals surface area contributed by atoms with E-state index in [0.717, 1.165) is 22.9 Å². The second-order valence-electron chi connectivity index (χ2n) is 6.07. The van der Waals surface area contributed by atoms with E-state index in [1.54, 1.807) is 0 Å². The number of allylic oxidation sites excluding steroid dienone is 4. The second kappa shape index (κ2) is 6.19. The van der Waals surface area contributed by atoms with Gasteiger partial charge in [0, 0.05) is 29.5 Å². The summed E-state index contributed by atoms with van der Waals surface area (Å²) in [5.41, 5.74) is 8.78. The lowest BCUT2D eigenvalue weighted by Crippen LogP contribution is -2.36. The third-order valence-electron chi connectivity index (χ3n) is 4.61. The number of hydrogen-bond donors (Lipinski definition) is 3. The summed E-state index contributed by atoms with van der Waals surface area (Å²) >= 11 is 0. The van der Waals surface area contributed by atoms with Gasteiger partial charge in [0.25, 0.3) is 0 Å². The number of H-pyrrole nitrogens is 1. The number of aromatic amines is 1. The number of fused-ring (bicyclic) bond motifs is 1. The van der Waals surface area contributed by atoms with E-state index in [1.807, 2.05) is 59.9 Å². The van der Waals surface area contributed by atoms with Crippen LogP contribution in [-0.2, 0) is 0 Å². The van der Waals surface area contributed by atoms with Crippen LogP contribution >= 0.6 is 0 Å². The average Bonchev–Trinajstić information content (AvgIpc) is 3.11. The fourth-order valence-electron chi connectivity index (χ4n) is 3.41. The maximum Gasteiger partial charge on any atom is 0.130 e. The summed E-state index contributed by atoms with van der Waals surface area (Å²) in [5.74, 6) is 0.316. The minimum absolute atomic E-state index is 0.268. The van der Waals surface area contributed by atoms with Crippen LogP contribution in [0.2, 0.25) is 0 Å². The standard InChI is InChI=1S/C20H16N6/c21-10-14-18(16-12-24-17-7-3-2-6-13(16)17)15(11-22)20(25-19(14)23)26-8-4-1-5-9-26/h2-9,12,18,24-25H,1,23H2. The molecule has 0 spiro atoms. The van der Waals surface area contributed by atoms with Gasteiger partial charge in [-0.05, 0) is 18.1 Å². The van der Waals surface area contributed by atoms with E-state index in [0.29, 0.717) is 17.0 Å². The van der Waals surface area contributed by atoms with Crippen LogP contribution in [0.15, 0.2) is 77.8 Å². The quantitative estimate of drug-likeness (QED) is 0.779. The van der Waals surface area contributed by atoms with Crippen molar-refractivity contribution in [3.8, 4) is 12.1 Å². The van der Waals surface area contributed by atoms with Crippen molar-refractivity contribution in [3.05, 3.63) is 83.4 Å². The maximum absolute atomic E-state index is 9.93. The molecule has 0 saturated carbocycles. The van der Waals surface area contributed by atoms with Gasteiger partial charge in [0.2, 0.25) is 0 Å². The van der Waals surface area contributed by atoms with E-state index >= 15 is 0 Å². The van der Waals surface area contributed by atoms with E-state index in [9.17, 15) is 10.5 Å². The Morgan fingerprint density at radius 2 is 1.81 bits per heavy atom. The summed E-state index contributed by atoms with van der Waals surface area (Å²) in [5, 5.41) is 23.6. The molecule has 2 aromatic rings. The monoisotopic (exact) mass is 340 g/mol. The van der Waals surface area contributed by atoms with Gasteiger partial charge in [0.1, 0.15) is 11.6 Å². The van der Waals surface area contributed by atoms with Crippen LogP contribution in [0.25, 0.3) is 10.9 Å². The first-order valence-electron chi connectivity index (χ1n) is 8.23. The Balaban J connectivity index is 1.95. The van der Waals surface area contributed by atoms with Gasteiger partial charge in [-0.3, -0.25) is 0 Å². The van der Waals surface area contributed by atoms with Gasteiger partial charge in [-0.15, -0.1) is 0 Å². The molecule has 3 heterocycles. The van der Waals surface area contributed by atoms with Gasteiger partial charge < -0.3 is 20.9 Å². The molecule has 4 N–H and O–H groups in total. The zero-order valence-electron chi connectivity index (χ0n) is 13.9. The minimum Gasteiger partial charge on any atom is -0.384 e. The van der Waals surface area contributed by atoms with Crippen molar-refractivity contribution < 1.29 is 0 Å². The number of nitriles is 2. The van der Waals surface area contributed by atoms with Crippen molar-refractivity contribution in [3.63, 3.8) is 0 Å². The topological polar surface area (TPSA) is 105 Å². The van der Waals surface area contributed by atoms with Crippen molar-refractivity contribution in [2.24, 2.45) is 5.73 Å². The minimum atomic E-state index is -0.527. The first-order chi connectivity index (χ1) is 12.7. The van der Waals surface area contributed by atoms with Gasteiger partial charge in [0.05, 0.1) is 29.2 Å². The zero-order valence-corrected chi connectivity index (χ0v) is 13.9. The molecule has 2 aliphatic rings. The number of para-hydroxylation sites is 1. The third-order valence-corrected chi connectivity index (χ3v) is 4.61. The molecule has 1 unspecified atom stereocenters. The molecule has 26 heavy (non-hydrogen) atoms. The number of hydrogen-bond acceptors (Lipinski definition) is 5. The highest BCUT2D eigenvalue weighted by Gasteiger charge is 2.34. The summed E-state index contributed by atoms with van der Waals surface area (Å²) < 4.78 is 0. The Kier molecular flexibility index (Phi) is 3.72. The van der Waals surface area contributed by atoms with Crippen molar-refractivity contribution in [1.82, 2.24) is 15.2 Å². The Morgan fingerprint density at radius 3 is 2.54 bits per heavy atom. The number of nitrogens with zero attached hydrogens (tertiary/aromatic N) is 3. The number of aromatic nitrogens is 1. The van der Waals surface area contributed by atoms with Crippen LogP contribution in [0, 0.1) is 22.7 Å². The summed E-state index contributed by atoms with van der Waals surface area (Å²) in [6.45, 7) is 0. The molecule has 0 bridgehead atoms. The molecule has 1 aromatic heterocycles. The lowest BCUT2D eigenvalue weighted by atomic mass is 9.83. The fraction of sp³-hybridized carbons (Fsp3) is 0.100. The first-order valence-corrected chi connectivity index (χ1v) is 8.23. The summed E-state index contributed by atoms with van der Waals surface area (Å²) in [6, 6.07) is 12.3. The summed E-state index contributed by atoms with van der Waals surface area (Å²) in [6.07, 6.45) is 10.4. The number of nitrogens with two attached hydrogens (primary N) is 1. The largest absolute Gasteiger partial charge is 0.384 e. The first kappa shape index (κ1) is 15.6. The third kappa shape index (κ3) is 2.33.